The fourth-order valence-electron chi connectivity index (χ4n) is 3.37. The summed E-state index contributed by atoms with van der Waals surface area (Å²) >= 11 is 1.51. The molecule has 2 aromatic carbocycles. The molecule has 4 heteroatoms. The summed E-state index contributed by atoms with van der Waals surface area (Å²) in [6, 6.07) is 16.3. The van der Waals surface area contributed by atoms with Gasteiger partial charge in [-0.3, -0.25) is 9.69 Å². The number of fused-ring (bicyclic) bond motifs is 1. The average molecular weight is 348 g/mol. The van der Waals surface area contributed by atoms with Crippen LogP contribution < -0.4 is 4.90 Å². The Balaban J connectivity index is 1.64. The minimum Gasteiger partial charge on any atom is -0.274 e. The van der Waals surface area contributed by atoms with Gasteiger partial charge in [0.15, 0.2) is 5.13 Å². The first kappa shape index (κ1) is 16.0. The van der Waals surface area contributed by atoms with Crippen molar-refractivity contribution in [3.8, 4) is 0 Å². The largest absolute Gasteiger partial charge is 0.274 e. The standard InChI is InChI=1S/C21H20N2OS/c1-15-14-25-21(22-15)23(19-8-3-2-4-9-19)20(24)13-16-10-11-17-6-5-7-18(17)12-16/h2-4,8-12,14H,5-7,13H2,1H3. The van der Waals surface area contributed by atoms with Crippen LogP contribution in [0.15, 0.2) is 53.9 Å². The Kier molecular flexibility index (Phi) is 4.36. The Morgan fingerprint density at radius 1 is 1.12 bits per heavy atom. The van der Waals surface area contributed by atoms with Crippen molar-refractivity contribution >= 4 is 28.1 Å². The van der Waals surface area contributed by atoms with Gasteiger partial charge in [-0.2, -0.15) is 0 Å². The number of benzene rings is 2. The van der Waals surface area contributed by atoms with Crippen molar-refractivity contribution in [2.24, 2.45) is 0 Å². The first-order chi connectivity index (χ1) is 12.2. The number of amides is 1. The van der Waals surface area contributed by atoms with Crippen LogP contribution in [0.1, 0.15) is 28.8 Å². The lowest BCUT2D eigenvalue weighted by atomic mass is 10.0. The maximum Gasteiger partial charge on any atom is 0.237 e. The predicted octanol–water partition coefficient (Wildman–Crippen LogP) is 4.85. The van der Waals surface area contributed by atoms with Crippen LogP contribution in [0.3, 0.4) is 0 Å². The van der Waals surface area contributed by atoms with E-state index >= 15 is 0 Å². The molecule has 1 amide bonds. The summed E-state index contributed by atoms with van der Waals surface area (Å²) in [6.07, 6.45) is 3.91. The summed E-state index contributed by atoms with van der Waals surface area (Å²) in [7, 11) is 0. The molecule has 126 valence electrons. The number of nitrogens with zero attached hydrogens (tertiary/aromatic N) is 2. The quantitative estimate of drug-likeness (QED) is 0.675. The molecule has 1 heterocycles. The van der Waals surface area contributed by atoms with E-state index in [1.54, 1.807) is 4.90 Å². The molecule has 3 nitrogen and oxygen atoms in total. The predicted molar refractivity (Wildman–Crippen MR) is 103 cm³/mol. The fraction of sp³-hybridized carbons (Fsp3) is 0.238. The van der Waals surface area contributed by atoms with E-state index in [1.165, 1.54) is 28.9 Å². The lowest BCUT2D eigenvalue weighted by molar-refractivity contribution is -0.117. The van der Waals surface area contributed by atoms with Crippen LogP contribution in [0, 0.1) is 6.92 Å². The van der Waals surface area contributed by atoms with E-state index in [9.17, 15) is 4.79 Å². The third kappa shape index (κ3) is 3.35. The van der Waals surface area contributed by atoms with Crippen LogP contribution in [0.4, 0.5) is 10.8 Å². The van der Waals surface area contributed by atoms with E-state index < -0.39 is 0 Å². The van der Waals surface area contributed by atoms with Crippen LogP contribution in [-0.4, -0.2) is 10.9 Å². The first-order valence-electron chi connectivity index (χ1n) is 8.61. The molecule has 0 atom stereocenters. The third-order valence-corrected chi connectivity index (χ3v) is 5.52. The average Bonchev–Trinajstić information content (AvgIpc) is 3.24. The topological polar surface area (TPSA) is 33.2 Å². The van der Waals surface area contributed by atoms with Gasteiger partial charge in [0.25, 0.3) is 0 Å². The van der Waals surface area contributed by atoms with Gasteiger partial charge in [-0.05, 0) is 55.0 Å². The molecule has 0 fully saturated rings. The molecule has 1 aliphatic carbocycles. The van der Waals surface area contributed by atoms with Crippen LogP contribution >= 0.6 is 11.3 Å². The van der Waals surface area contributed by atoms with Crippen molar-refractivity contribution in [1.29, 1.82) is 0 Å². The molecule has 0 aliphatic heterocycles. The van der Waals surface area contributed by atoms with Crippen LogP contribution in [0.25, 0.3) is 0 Å². The number of hydrogen-bond donors (Lipinski definition) is 0. The number of aryl methyl sites for hydroxylation is 3. The highest BCUT2D eigenvalue weighted by molar-refractivity contribution is 7.14. The Morgan fingerprint density at radius 2 is 1.92 bits per heavy atom. The van der Waals surface area contributed by atoms with Gasteiger partial charge in [-0.1, -0.05) is 36.4 Å². The van der Waals surface area contributed by atoms with Gasteiger partial charge in [0, 0.05) is 5.38 Å². The zero-order valence-electron chi connectivity index (χ0n) is 14.2. The highest BCUT2D eigenvalue weighted by atomic mass is 32.1. The van der Waals surface area contributed by atoms with Crippen LogP contribution in [0.5, 0.6) is 0 Å². The second kappa shape index (κ2) is 6.81. The van der Waals surface area contributed by atoms with Crippen LogP contribution in [0.2, 0.25) is 0 Å². The number of hydrogen-bond acceptors (Lipinski definition) is 3. The number of carbonyl (C=O) groups excluding carboxylic acids is 1. The zero-order valence-corrected chi connectivity index (χ0v) is 15.1. The van der Waals surface area contributed by atoms with Crippen molar-refractivity contribution in [1.82, 2.24) is 4.98 Å². The molecule has 3 aromatic rings. The smallest absolute Gasteiger partial charge is 0.237 e. The molecule has 0 N–H and O–H groups in total. The van der Waals surface area contributed by atoms with E-state index in [2.05, 4.69) is 23.2 Å². The van der Waals surface area contributed by atoms with Gasteiger partial charge in [0.1, 0.15) is 0 Å². The summed E-state index contributed by atoms with van der Waals surface area (Å²) in [6.45, 7) is 1.95. The second-order valence-corrected chi connectivity index (χ2v) is 7.31. The van der Waals surface area contributed by atoms with E-state index in [0.717, 1.165) is 34.9 Å². The fourth-order valence-corrected chi connectivity index (χ4v) is 4.21. The molecular formula is C21H20N2OS. The van der Waals surface area contributed by atoms with Crippen molar-refractivity contribution in [3.05, 3.63) is 76.3 Å². The van der Waals surface area contributed by atoms with E-state index in [-0.39, 0.29) is 5.91 Å². The molecular weight excluding hydrogens is 328 g/mol. The van der Waals surface area contributed by atoms with E-state index in [1.807, 2.05) is 42.6 Å². The second-order valence-electron chi connectivity index (χ2n) is 6.47. The highest BCUT2D eigenvalue weighted by Gasteiger charge is 2.21. The number of para-hydroxylation sites is 1. The molecule has 0 spiro atoms. The maximum atomic E-state index is 13.1. The van der Waals surface area contributed by atoms with Crippen molar-refractivity contribution in [2.45, 2.75) is 32.6 Å². The first-order valence-corrected chi connectivity index (χ1v) is 9.49. The molecule has 0 bridgehead atoms. The van der Waals surface area contributed by atoms with Gasteiger partial charge in [0.05, 0.1) is 17.8 Å². The normalized spacial score (nSPS) is 12.8. The molecule has 1 aromatic heterocycles. The molecule has 4 rings (SSSR count). The third-order valence-electron chi connectivity index (χ3n) is 4.58. The van der Waals surface area contributed by atoms with E-state index in [0.29, 0.717) is 6.42 Å². The van der Waals surface area contributed by atoms with Crippen molar-refractivity contribution < 1.29 is 4.79 Å². The number of rotatable bonds is 4. The molecule has 0 unspecified atom stereocenters. The Morgan fingerprint density at radius 3 is 2.68 bits per heavy atom. The Labute approximate surface area is 152 Å². The van der Waals surface area contributed by atoms with Crippen molar-refractivity contribution in [2.75, 3.05) is 4.90 Å². The monoisotopic (exact) mass is 348 g/mol. The minimum atomic E-state index is 0.0542. The molecule has 1 aliphatic rings. The summed E-state index contributed by atoms with van der Waals surface area (Å²) in [5, 5.41) is 2.71. The SMILES string of the molecule is Cc1csc(N(C(=O)Cc2ccc3c(c2)CCC3)c2ccccc2)n1. The molecule has 25 heavy (non-hydrogen) atoms. The summed E-state index contributed by atoms with van der Waals surface area (Å²) < 4.78 is 0. The highest BCUT2D eigenvalue weighted by Crippen LogP contribution is 2.30. The lowest BCUT2D eigenvalue weighted by Crippen LogP contribution is -2.27. The summed E-state index contributed by atoms with van der Waals surface area (Å²) in [4.78, 5) is 19.4. The number of anilines is 2. The Bertz CT molecular complexity index is 901. The van der Waals surface area contributed by atoms with Gasteiger partial charge in [0.2, 0.25) is 5.91 Å². The molecule has 0 radical (unpaired) electrons. The zero-order chi connectivity index (χ0) is 17.2. The van der Waals surface area contributed by atoms with Gasteiger partial charge < -0.3 is 0 Å². The van der Waals surface area contributed by atoms with Gasteiger partial charge >= 0.3 is 0 Å². The summed E-state index contributed by atoms with van der Waals surface area (Å²) in [5.74, 6) is 0.0542. The molecule has 0 saturated heterocycles. The van der Waals surface area contributed by atoms with Crippen molar-refractivity contribution in [3.63, 3.8) is 0 Å². The number of carbonyl (C=O) groups is 1. The lowest BCUT2D eigenvalue weighted by Gasteiger charge is -2.20. The molecule has 0 saturated carbocycles. The van der Waals surface area contributed by atoms with Gasteiger partial charge in [-0.15, -0.1) is 11.3 Å². The Hall–Kier alpha value is -2.46. The van der Waals surface area contributed by atoms with Gasteiger partial charge in [-0.25, -0.2) is 4.98 Å². The maximum absolute atomic E-state index is 13.1. The number of thiazole rings is 1. The minimum absolute atomic E-state index is 0.0542. The van der Waals surface area contributed by atoms with E-state index in [4.69, 9.17) is 0 Å². The summed E-state index contributed by atoms with van der Waals surface area (Å²) in [5.41, 5.74) is 5.72. The van der Waals surface area contributed by atoms with Crippen LogP contribution in [-0.2, 0) is 24.1 Å². The number of aromatic nitrogens is 1.